The molecule has 2 N–H and O–H groups in total. The number of hydrogen-bond donors (Lipinski definition) is 2. The summed E-state index contributed by atoms with van der Waals surface area (Å²) in [6.45, 7) is 0. The Labute approximate surface area is 115 Å². The molecule has 0 fully saturated rings. The lowest BCUT2D eigenvalue weighted by Gasteiger charge is -1.99. The number of benzene rings is 2. The number of para-hydroxylation sites is 1. The maximum absolute atomic E-state index is 12.1. The number of carbonyl (C=O) groups excluding carboxylic acids is 1. The van der Waals surface area contributed by atoms with Crippen molar-refractivity contribution >= 4 is 34.1 Å². The summed E-state index contributed by atoms with van der Waals surface area (Å²) in [5, 5.41) is 4.03. The van der Waals surface area contributed by atoms with Gasteiger partial charge in [-0.1, -0.05) is 24.3 Å². The van der Waals surface area contributed by atoms with Crippen molar-refractivity contribution < 1.29 is 4.79 Å². The van der Waals surface area contributed by atoms with Gasteiger partial charge in [-0.05, 0) is 41.3 Å². The molecule has 0 unspecified atom stereocenters. The highest BCUT2D eigenvalue weighted by molar-refractivity contribution is 6.34. The number of amides is 1. The fraction of sp³-hybridized carbons (Fsp3) is 0. The van der Waals surface area contributed by atoms with Gasteiger partial charge in [0.15, 0.2) is 0 Å². The van der Waals surface area contributed by atoms with Gasteiger partial charge in [-0.3, -0.25) is 4.79 Å². The number of hydrogen-bond acceptors (Lipinski definition) is 1. The van der Waals surface area contributed by atoms with Crippen molar-refractivity contribution in [2.24, 2.45) is 0 Å². The standard InChI is InChI=1S/C17H12N2O/c20-17-14(13-3-1-2-4-16(13)19-17)10-11-5-6-15-12(9-11)7-8-18-15/h1-10,18H,(H,19,20)/b14-10-. The van der Waals surface area contributed by atoms with E-state index in [1.54, 1.807) is 0 Å². The van der Waals surface area contributed by atoms with Crippen LogP contribution in [0.2, 0.25) is 0 Å². The molecular weight excluding hydrogens is 248 g/mol. The van der Waals surface area contributed by atoms with Crippen LogP contribution in [0.3, 0.4) is 0 Å². The lowest BCUT2D eigenvalue weighted by atomic mass is 10.0. The van der Waals surface area contributed by atoms with Gasteiger partial charge in [-0.2, -0.15) is 0 Å². The normalized spacial score (nSPS) is 15.6. The third-order valence-electron chi connectivity index (χ3n) is 3.60. The van der Waals surface area contributed by atoms with Crippen molar-refractivity contribution in [2.45, 2.75) is 0 Å². The molecule has 0 spiro atoms. The van der Waals surface area contributed by atoms with Gasteiger partial charge in [0, 0.05) is 28.5 Å². The van der Waals surface area contributed by atoms with Gasteiger partial charge < -0.3 is 10.3 Å². The van der Waals surface area contributed by atoms with Crippen molar-refractivity contribution in [3.63, 3.8) is 0 Å². The second-order valence-electron chi connectivity index (χ2n) is 4.88. The predicted molar refractivity (Wildman–Crippen MR) is 81.2 cm³/mol. The Bertz CT molecular complexity index is 858. The molecule has 3 nitrogen and oxygen atoms in total. The Hall–Kier alpha value is -2.81. The zero-order valence-corrected chi connectivity index (χ0v) is 10.7. The highest BCUT2D eigenvalue weighted by Crippen LogP contribution is 2.32. The third-order valence-corrected chi connectivity index (χ3v) is 3.60. The van der Waals surface area contributed by atoms with E-state index in [-0.39, 0.29) is 5.91 Å². The number of nitrogens with one attached hydrogen (secondary N) is 2. The first-order chi connectivity index (χ1) is 9.81. The molecule has 0 saturated heterocycles. The second kappa shape index (κ2) is 4.10. The molecule has 0 radical (unpaired) electrons. The van der Waals surface area contributed by atoms with Crippen molar-refractivity contribution in [3.05, 3.63) is 65.9 Å². The number of aromatic amines is 1. The Morgan fingerprint density at radius 1 is 1.00 bits per heavy atom. The number of aromatic nitrogens is 1. The van der Waals surface area contributed by atoms with E-state index in [0.29, 0.717) is 0 Å². The Balaban J connectivity index is 1.85. The maximum atomic E-state index is 12.1. The van der Waals surface area contributed by atoms with Crippen LogP contribution in [0.15, 0.2) is 54.7 Å². The first-order valence-corrected chi connectivity index (χ1v) is 6.51. The van der Waals surface area contributed by atoms with Gasteiger partial charge in [-0.15, -0.1) is 0 Å². The van der Waals surface area contributed by atoms with E-state index in [1.807, 2.05) is 54.7 Å². The Morgan fingerprint density at radius 3 is 2.85 bits per heavy atom. The molecule has 0 aliphatic carbocycles. The average molecular weight is 260 g/mol. The Kier molecular flexibility index (Phi) is 2.27. The van der Waals surface area contributed by atoms with E-state index >= 15 is 0 Å². The van der Waals surface area contributed by atoms with Crippen molar-refractivity contribution in [1.29, 1.82) is 0 Å². The van der Waals surface area contributed by atoms with Gasteiger partial charge >= 0.3 is 0 Å². The first kappa shape index (κ1) is 11.1. The molecule has 0 saturated carbocycles. The average Bonchev–Trinajstić information content (AvgIpc) is 3.04. The van der Waals surface area contributed by atoms with Crippen LogP contribution in [-0.4, -0.2) is 10.9 Å². The first-order valence-electron chi connectivity index (χ1n) is 6.51. The smallest absolute Gasteiger partial charge is 0.256 e. The van der Waals surface area contributed by atoms with E-state index in [2.05, 4.69) is 16.4 Å². The fourth-order valence-electron chi connectivity index (χ4n) is 2.61. The topological polar surface area (TPSA) is 44.9 Å². The van der Waals surface area contributed by atoms with E-state index in [9.17, 15) is 4.79 Å². The largest absolute Gasteiger partial charge is 0.361 e. The van der Waals surface area contributed by atoms with Crippen LogP contribution >= 0.6 is 0 Å². The fourth-order valence-corrected chi connectivity index (χ4v) is 2.61. The monoisotopic (exact) mass is 260 g/mol. The maximum Gasteiger partial charge on any atom is 0.256 e. The van der Waals surface area contributed by atoms with E-state index in [1.165, 1.54) is 0 Å². The molecule has 4 rings (SSSR count). The molecule has 3 heteroatoms. The molecule has 1 aromatic heterocycles. The minimum absolute atomic E-state index is 0.0413. The summed E-state index contributed by atoms with van der Waals surface area (Å²) >= 11 is 0. The predicted octanol–water partition coefficient (Wildman–Crippen LogP) is 3.66. The van der Waals surface area contributed by atoms with Crippen LogP contribution in [0, 0.1) is 0 Å². The summed E-state index contributed by atoms with van der Waals surface area (Å²) in [7, 11) is 0. The lowest BCUT2D eigenvalue weighted by Crippen LogP contribution is -2.03. The summed E-state index contributed by atoms with van der Waals surface area (Å²) in [6.07, 6.45) is 3.85. The Morgan fingerprint density at radius 2 is 1.90 bits per heavy atom. The number of carbonyl (C=O) groups is 1. The van der Waals surface area contributed by atoms with Crippen LogP contribution < -0.4 is 5.32 Å². The molecule has 96 valence electrons. The van der Waals surface area contributed by atoms with Gasteiger partial charge in [0.05, 0.1) is 0 Å². The highest BCUT2D eigenvalue weighted by Gasteiger charge is 2.23. The number of H-pyrrole nitrogens is 1. The van der Waals surface area contributed by atoms with Crippen LogP contribution in [0.25, 0.3) is 22.6 Å². The summed E-state index contributed by atoms with van der Waals surface area (Å²) < 4.78 is 0. The van der Waals surface area contributed by atoms with Crippen molar-refractivity contribution in [3.8, 4) is 0 Å². The lowest BCUT2D eigenvalue weighted by molar-refractivity contribution is -0.110. The van der Waals surface area contributed by atoms with Crippen LogP contribution in [0.1, 0.15) is 11.1 Å². The molecule has 1 amide bonds. The van der Waals surface area contributed by atoms with Gasteiger partial charge in [-0.25, -0.2) is 0 Å². The van der Waals surface area contributed by atoms with Crippen LogP contribution in [0.5, 0.6) is 0 Å². The summed E-state index contributed by atoms with van der Waals surface area (Å²) in [5.74, 6) is -0.0413. The van der Waals surface area contributed by atoms with E-state index < -0.39 is 0 Å². The van der Waals surface area contributed by atoms with Crippen LogP contribution in [0.4, 0.5) is 5.69 Å². The van der Waals surface area contributed by atoms with E-state index in [4.69, 9.17) is 0 Å². The van der Waals surface area contributed by atoms with Crippen molar-refractivity contribution in [1.82, 2.24) is 4.98 Å². The van der Waals surface area contributed by atoms with Crippen LogP contribution in [-0.2, 0) is 4.79 Å². The number of rotatable bonds is 1. The van der Waals surface area contributed by atoms with E-state index in [0.717, 1.165) is 33.3 Å². The summed E-state index contributed by atoms with van der Waals surface area (Å²) in [6, 6.07) is 15.9. The highest BCUT2D eigenvalue weighted by atomic mass is 16.2. The number of fused-ring (bicyclic) bond motifs is 2. The SMILES string of the molecule is O=C1Nc2ccccc2/C1=C/c1ccc2[nH]ccc2c1. The molecule has 0 bridgehead atoms. The zero-order chi connectivity index (χ0) is 13.5. The minimum Gasteiger partial charge on any atom is -0.361 e. The number of anilines is 1. The summed E-state index contributed by atoms with van der Waals surface area (Å²) in [5.41, 5.74) is 4.69. The quantitative estimate of drug-likeness (QED) is 0.644. The van der Waals surface area contributed by atoms with Gasteiger partial charge in [0.25, 0.3) is 5.91 Å². The zero-order valence-electron chi connectivity index (χ0n) is 10.7. The molecule has 2 aromatic carbocycles. The minimum atomic E-state index is -0.0413. The summed E-state index contributed by atoms with van der Waals surface area (Å²) in [4.78, 5) is 15.2. The molecule has 2 heterocycles. The molecule has 0 atom stereocenters. The third kappa shape index (κ3) is 1.64. The molecule has 20 heavy (non-hydrogen) atoms. The second-order valence-corrected chi connectivity index (χ2v) is 4.88. The van der Waals surface area contributed by atoms with Gasteiger partial charge in [0.2, 0.25) is 0 Å². The molecule has 1 aliphatic heterocycles. The molecular formula is C17H12N2O. The molecule has 1 aliphatic rings. The molecule has 3 aromatic rings. The van der Waals surface area contributed by atoms with Crippen molar-refractivity contribution in [2.75, 3.05) is 5.32 Å². The van der Waals surface area contributed by atoms with Gasteiger partial charge in [0.1, 0.15) is 0 Å².